The summed E-state index contributed by atoms with van der Waals surface area (Å²) in [5.74, 6) is 5.38. The fourth-order valence-corrected chi connectivity index (χ4v) is 1.38. The van der Waals surface area contributed by atoms with Crippen LogP contribution in [0, 0.1) is 0 Å². The molecular weight excluding hydrogens is 158 g/mol. The van der Waals surface area contributed by atoms with Gasteiger partial charge in [0.15, 0.2) is 0 Å². The molecule has 0 aliphatic rings. The molecule has 3 nitrogen and oxygen atoms in total. The first-order chi connectivity index (χ1) is 5.20. The Morgan fingerprint density at radius 1 is 1.73 bits per heavy atom. The van der Waals surface area contributed by atoms with E-state index in [0.29, 0.717) is 5.70 Å². The molecule has 1 rings (SSSR count). The van der Waals surface area contributed by atoms with Crippen molar-refractivity contribution in [1.82, 2.24) is 5.01 Å². The van der Waals surface area contributed by atoms with E-state index in [4.69, 9.17) is 11.6 Å². The van der Waals surface area contributed by atoms with Gasteiger partial charge in [0.1, 0.15) is 0 Å². The van der Waals surface area contributed by atoms with Crippen LogP contribution in [-0.2, 0) is 0 Å². The summed E-state index contributed by atoms with van der Waals surface area (Å²) in [6.07, 6.45) is 1.69. The maximum Gasteiger partial charge on any atom is 0.0665 e. The summed E-state index contributed by atoms with van der Waals surface area (Å²) in [6.45, 7) is 0. The van der Waals surface area contributed by atoms with E-state index in [2.05, 4.69) is 0 Å². The zero-order chi connectivity index (χ0) is 8.27. The van der Waals surface area contributed by atoms with Gasteiger partial charge in [-0.3, -0.25) is 0 Å². The highest BCUT2D eigenvalue weighted by molar-refractivity contribution is 7.11. The molecule has 1 aromatic rings. The summed E-state index contributed by atoms with van der Waals surface area (Å²) < 4.78 is 0. The van der Waals surface area contributed by atoms with Gasteiger partial charge in [0.2, 0.25) is 0 Å². The molecule has 0 spiro atoms. The van der Waals surface area contributed by atoms with E-state index in [-0.39, 0.29) is 0 Å². The number of nitrogens with zero attached hydrogens (tertiary/aromatic N) is 1. The second kappa shape index (κ2) is 3.41. The summed E-state index contributed by atoms with van der Waals surface area (Å²) in [5, 5.41) is 3.42. The number of nitrogens with two attached hydrogens (primary N) is 2. The fraction of sp³-hybridized carbons (Fsp3) is 0.143. The van der Waals surface area contributed by atoms with Gasteiger partial charge >= 0.3 is 0 Å². The predicted octanol–water partition coefficient (Wildman–Crippen LogP) is 0.811. The third kappa shape index (κ3) is 2.25. The molecule has 1 heterocycles. The molecule has 4 heteroatoms. The molecule has 0 amide bonds. The van der Waals surface area contributed by atoms with E-state index in [9.17, 15) is 0 Å². The zero-order valence-corrected chi connectivity index (χ0v) is 7.14. The van der Waals surface area contributed by atoms with Gasteiger partial charge in [0.25, 0.3) is 0 Å². The van der Waals surface area contributed by atoms with Gasteiger partial charge in [-0.05, 0) is 11.4 Å². The molecule has 0 atom stereocenters. The Balaban J connectivity index is 2.77. The summed E-state index contributed by atoms with van der Waals surface area (Å²) >= 11 is 1.60. The minimum absolute atomic E-state index is 0.699. The first kappa shape index (κ1) is 8.10. The molecule has 0 unspecified atom stereocenters. The summed E-state index contributed by atoms with van der Waals surface area (Å²) in [4.78, 5) is 1.04. The van der Waals surface area contributed by atoms with Gasteiger partial charge < -0.3 is 10.7 Å². The Labute approximate surface area is 69.9 Å². The average molecular weight is 169 g/mol. The summed E-state index contributed by atoms with van der Waals surface area (Å²) in [6, 6.07) is 3.91. The summed E-state index contributed by atoms with van der Waals surface area (Å²) in [5.41, 5.74) is 6.39. The quantitative estimate of drug-likeness (QED) is 0.509. The molecule has 0 radical (unpaired) electrons. The minimum Gasteiger partial charge on any atom is -0.396 e. The second-order valence-electron chi connectivity index (χ2n) is 2.23. The lowest BCUT2D eigenvalue weighted by Crippen LogP contribution is -2.20. The molecule has 11 heavy (non-hydrogen) atoms. The molecule has 0 aromatic carbocycles. The van der Waals surface area contributed by atoms with Crippen molar-refractivity contribution < 1.29 is 0 Å². The largest absolute Gasteiger partial charge is 0.396 e. The van der Waals surface area contributed by atoms with Gasteiger partial charge in [-0.1, -0.05) is 6.07 Å². The first-order valence-corrected chi connectivity index (χ1v) is 4.07. The maximum atomic E-state index is 5.69. The molecule has 1 aromatic heterocycles. The van der Waals surface area contributed by atoms with Crippen LogP contribution in [0.15, 0.2) is 23.7 Å². The molecule has 0 bridgehead atoms. The van der Waals surface area contributed by atoms with Gasteiger partial charge in [-0.2, -0.15) is 0 Å². The number of hydrazine groups is 1. The van der Waals surface area contributed by atoms with Crippen LogP contribution in [0.4, 0.5) is 0 Å². The van der Waals surface area contributed by atoms with Crippen molar-refractivity contribution in [3.05, 3.63) is 28.6 Å². The van der Waals surface area contributed by atoms with E-state index in [1.807, 2.05) is 17.5 Å². The normalized spacial score (nSPS) is 11.6. The average Bonchev–Trinajstić information content (AvgIpc) is 2.35. The van der Waals surface area contributed by atoms with Crippen molar-refractivity contribution in [2.75, 3.05) is 7.05 Å². The van der Waals surface area contributed by atoms with Gasteiger partial charge in [0, 0.05) is 13.2 Å². The third-order valence-corrected chi connectivity index (χ3v) is 2.07. The van der Waals surface area contributed by atoms with Crippen LogP contribution >= 0.6 is 11.3 Å². The van der Waals surface area contributed by atoms with Gasteiger partial charge in [0.05, 0.1) is 10.6 Å². The SMILES string of the molecule is CN(N)/C=C(\N)c1cccs1. The van der Waals surface area contributed by atoms with Crippen molar-refractivity contribution in [3.63, 3.8) is 0 Å². The Morgan fingerprint density at radius 3 is 2.91 bits per heavy atom. The van der Waals surface area contributed by atoms with Crippen LogP contribution in [0.3, 0.4) is 0 Å². The Morgan fingerprint density at radius 2 is 2.45 bits per heavy atom. The van der Waals surface area contributed by atoms with Crippen LogP contribution in [0.1, 0.15) is 4.88 Å². The van der Waals surface area contributed by atoms with Gasteiger partial charge in [-0.15, -0.1) is 11.3 Å². The molecule has 0 saturated heterocycles. The van der Waals surface area contributed by atoms with Crippen LogP contribution in [0.25, 0.3) is 5.70 Å². The van der Waals surface area contributed by atoms with E-state index in [1.165, 1.54) is 5.01 Å². The van der Waals surface area contributed by atoms with Crippen molar-refractivity contribution in [3.8, 4) is 0 Å². The van der Waals surface area contributed by atoms with E-state index in [1.54, 1.807) is 24.6 Å². The van der Waals surface area contributed by atoms with Crippen molar-refractivity contribution in [2.45, 2.75) is 0 Å². The molecule has 0 saturated carbocycles. The van der Waals surface area contributed by atoms with Crippen LogP contribution in [-0.4, -0.2) is 12.1 Å². The molecule has 0 fully saturated rings. The predicted molar refractivity (Wildman–Crippen MR) is 48.4 cm³/mol. The van der Waals surface area contributed by atoms with E-state index in [0.717, 1.165) is 4.88 Å². The first-order valence-electron chi connectivity index (χ1n) is 3.19. The molecule has 0 aliphatic heterocycles. The Hall–Kier alpha value is -1.000. The number of hydrogen-bond donors (Lipinski definition) is 2. The van der Waals surface area contributed by atoms with E-state index < -0.39 is 0 Å². The van der Waals surface area contributed by atoms with Crippen LogP contribution in [0.2, 0.25) is 0 Å². The molecule has 0 aliphatic carbocycles. The maximum absolute atomic E-state index is 5.69. The lowest BCUT2D eigenvalue weighted by atomic mass is 10.4. The Kier molecular flexibility index (Phi) is 2.51. The van der Waals surface area contributed by atoms with Crippen molar-refractivity contribution in [1.29, 1.82) is 0 Å². The molecular formula is C7H11N3S. The lowest BCUT2D eigenvalue weighted by Gasteiger charge is -2.05. The fourth-order valence-electron chi connectivity index (χ4n) is 0.726. The van der Waals surface area contributed by atoms with Crippen molar-refractivity contribution >= 4 is 17.0 Å². The topological polar surface area (TPSA) is 55.3 Å². The van der Waals surface area contributed by atoms with E-state index >= 15 is 0 Å². The number of rotatable bonds is 2. The minimum atomic E-state index is 0.699. The highest BCUT2D eigenvalue weighted by atomic mass is 32.1. The third-order valence-electron chi connectivity index (χ3n) is 1.15. The monoisotopic (exact) mass is 169 g/mol. The molecule has 4 N–H and O–H groups in total. The zero-order valence-electron chi connectivity index (χ0n) is 6.32. The standard InChI is InChI=1S/C7H11N3S/c1-10(9)5-6(8)7-3-2-4-11-7/h2-5H,8-9H2,1H3/b6-5-. The molecule has 60 valence electrons. The number of hydrogen-bond acceptors (Lipinski definition) is 4. The smallest absolute Gasteiger partial charge is 0.0665 e. The number of thiophene rings is 1. The lowest BCUT2D eigenvalue weighted by molar-refractivity contribution is 0.486. The highest BCUT2D eigenvalue weighted by Gasteiger charge is 1.95. The summed E-state index contributed by atoms with van der Waals surface area (Å²) in [7, 11) is 1.74. The van der Waals surface area contributed by atoms with Crippen LogP contribution < -0.4 is 11.6 Å². The van der Waals surface area contributed by atoms with Gasteiger partial charge in [-0.25, -0.2) is 5.84 Å². The highest BCUT2D eigenvalue weighted by Crippen LogP contribution is 2.14. The van der Waals surface area contributed by atoms with Crippen LogP contribution in [0.5, 0.6) is 0 Å². The Bertz CT molecular complexity index is 238. The second-order valence-corrected chi connectivity index (χ2v) is 3.17. The van der Waals surface area contributed by atoms with Crippen molar-refractivity contribution in [2.24, 2.45) is 11.6 Å².